The molecule has 0 bridgehead atoms. The predicted molar refractivity (Wildman–Crippen MR) is 92.9 cm³/mol. The Morgan fingerprint density at radius 2 is 1.88 bits per heavy atom. The first-order valence-corrected chi connectivity index (χ1v) is 7.87. The molecule has 0 atom stereocenters. The second kappa shape index (κ2) is 6.67. The molecule has 130 valence electrons. The first kappa shape index (κ1) is 15.8. The van der Waals surface area contributed by atoms with Gasteiger partial charge in [0.2, 0.25) is 12.7 Å². The number of carbonyl (C=O) groups is 1. The molecule has 1 N–H and O–H groups in total. The van der Waals surface area contributed by atoms with Crippen LogP contribution in [0.15, 0.2) is 59.7 Å². The number of amides is 1. The molecule has 8 heteroatoms. The van der Waals surface area contributed by atoms with E-state index in [2.05, 4.69) is 15.4 Å². The second-order valence-electron chi connectivity index (χ2n) is 5.57. The van der Waals surface area contributed by atoms with Crippen molar-refractivity contribution in [1.82, 2.24) is 14.8 Å². The molecule has 26 heavy (non-hydrogen) atoms. The number of aromatic nitrogens is 3. The van der Waals surface area contributed by atoms with Gasteiger partial charge >= 0.3 is 0 Å². The van der Waals surface area contributed by atoms with Crippen LogP contribution in [-0.4, -0.2) is 27.5 Å². The molecule has 0 fully saturated rings. The zero-order chi connectivity index (χ0) is 17.9. The lowest BCUT2D eigenvalue weighted by Gasteiger charge is -2.08. The summed E-state index contributed by atoms with van der Waals surface area (Å²) in [5.74, 6) is 0.935. The van der Waals surface area contributed by atoms with E-state index in [1.807, 2.05) is 6.07 Å². The molecule has 0 spiro atoms. The number of nitrogens with one attached hydrogen (secondary N) is 1. The number of hydrogen-bond acceptors (Lipinski definition) is 6. The SMILES string of the molecule is O=C(Cn1nc(-c2ccc3c(c2)OCO3)ccc1=O)Nc1ccncc1. The van der Waals surface area contributed by atoms with Gasteiger partial charge in [-0.3, -0.25) is 14.6 Å². The molecule has 1 aliphatic heterocycles. The maximum atomic E-state index is 12.2. The van der Waals surface area contributed by atoms with Crippen LogP contribution in [0.4, 0.5) is 5.69 Å². The number of benzene rings is 1. The molecular formula is C18H14N4O4. The first-order valence-electron chi connectivity index (χ1n) is 7.87. The Labute approximate surface area is 148 Å². The lowest BCUT2D eigenvalue weighted by molar-refractivity contribution is -0.117. The van der Waals surface area contributed by atoms with Crippen molar-refractivity contribution in [2.45, 2.75) is 6.54 Å². The number of hydrogen-bond donors (Lipinski definition) is 1. The Kier molecular flexibility index (Phi) is 4.06. The van der Waals surface area contributed by atoms with E-state index in [1.54, 1.807) is 42.7 Å². The molecule has 1 amide bonds. The summed E-state index contributed by atoms with van der Waals surface area (Å²) in [7, 11) is 0. The fourth-order valence-corrected chi connectivity index (χ4v) is 2.54. The number of anilines is 1. The van der Waals surface area contributed by atoms with Gasteiger partial charge in [-0.05, 0) is 36.4 Å². The van der Waals surface area contributed by atoms with Gasteiger partial charge in [-0.15, -0.1) is 0 Å². The summed E-state index contributed by atoms with van der Waals surface area (Å²) in [6.07, 6.45) is 3.14. The van der Waals surface area contributed by atoms with Crippen LogP contribution in [0, 0.1) is 0 Å². The van der Waals surface area contributed by atoms with Crippen molar-refractivity contribution in [3.8, 4) is 22.8 Å². The van der Waals surface area contributed by atoms with Gasteiger partial charge in [-0.25, -0.2) is 4.68 Å². The van der Waals surface area contributed by atoms with E-state index in [-0.39, 0.29) is 24.8 Å². The summed E-state index contributed by atoms with van der Waals surface area (Å²) in [6, 6.07) is 11.7. The molecule has 0 radical (unpaired) electrons. The van der Waals surface area contributed by atoms with Gasteiger partial charge in [-0.1, -0.05) is 0 Å². The van der Waals surface area contributed by atoms with E-state index < -0.39 is 0 Å². The average molecular weight is 350 g/mol. The summed E-state index contributed by atoms with van der Waals surface area (Å²) < 4.78 is 11.8. The highest BCUT2D eigenvalue weighted by atomic mass is 16.7. The summed E-state index contributed by atoms with van der Waals surface area (Å²) in [4.78, 5) is 28.1. The third-order valence-electron chi connectivity index (χ3n) is 3.79. The van der Waals surface area contributed by atoms with E-state index in [0.717, 1.165) is 10.2 Å². The molecule has 3 heterocycles. The Bertz CT molecular complexity index is 1020. The van der Waals surface area contributed by atoms with Crippen molar-refractivity contribution >= 4 is 11.6 Å². The minimum Gasteiger partial charge on any atom is -0.454 e. The summed E-state index contributed by atoms with van der Waals surface area (Å²) in [5.41, 5.74) is 1.56. The molecule has 1 aliphatic rings. The Balaban J connectivity index is 1.56. The molecular weight excluding hydrogens is 336 g/mol. The molecule has 8 nitrogen and oxygen atoms in total. The Morgan fingerprint density at radius 1 is 1.08 bits per heavy atom. The number of nitrogens with zero attached hydrogens (tertiary/aromatic N) is 3. The minimum absolute atomic E-state index is 0.181. The van der Waals surface area contributed by atoms with Gasteiger partial charge in [0.15, 0.2) is 11.5 Å². The molecule has 1 aromatic carbocycles. The number of pyridine rings is 1. The number of fused-ring (bicyclic) bond motifs is 1. The van der Waals surface area contributed by atoms with Crippen LogP contribution in [0.25, 0.3) is 11.3 Å². The topological polar surface area (TPSA) is 95.3 Å². The smallest absolute Gasteiger partial charge is 0.267 e. The van der Waals surface area contributed by atoms with Crippen molar-refractivity contribution < 1.29 is 14.3 Å². The van der Waals surface area contributed by atoms with Crippen LogP contribution in [0.1, 0.15) is 0 Å². The highest BCUT2D eigenvalue weighted by Gasteiger charge is 2.15. The average Bonchev–Trinajstić information content (AvgIpc) is 3.12. The Hall–Kier alpha value is -3.68. The Morgan fingerprint density at radius 3 is 2.73 bits per heavy atom. The predicted octanol–water partition coefficient (Wildman–Crippen LogP) is 1.67. The van der Waals surface area contributed by atoms with Crippen LogP contribution in [-0.2, 0) is 11.3 Å². The lowest BCUT2D eigenvalue weighted by atomic mass is 10.1. The third kappa shape index (κ3) is 3.25. The number of ether oxygens (including phenoxy) is 2. The molecule has 0 saturated carbocycles. The number of carbonyl (C=O) groups excluding carboxylic acids is 1. The highest BCUT2D eigenvalue weighted by Crippen LogP contribution is 2.35. The molecule has 2 aromatic heterocycles. The fraction of sp³-hybridized carbons (Fsp3) is 0.111. The molecule has 3 aromatic rings. The van der Waals surface area contributed by atoms with E-state index in [0.29, 0.717) is 22.9 Å². The summed E-state index contributed by atoms with van der Waals surface area (Å²) >= 11 is 0. The van der Waals surface area contributed by atoms with E-state index in [4.69, 9.17) is 9.47 Å². The van der Waals surface area contributed by atoms with Gasteiger partial charge < -0.3 is 14.8 Å². The molecule has 0 saturated heterocycles. The van der Waals surface area contributed by atoms with Crippen molar-refractivity contribution in [3.05, 3.63) is 65.2 Å². The molecule has 0 unspecified atom stereocenters. The highest BCUT2D eigenvalue weighted by molar-refractivity contribution is 5.90. The van der Waals surface area contributed by atoms with Crippen molar-refractivity contribution in [2.24, 2.45) is 0 Å². The molecule has 4 rings (SSSR count). The van der Waals surface area contributed by atoms with Gasteiger partial charge in [-0.2, -0.15) is 5.10 Å². The van der Waals surface area contributed by atoms with Gasteiger partial charge in [0.05, 0.1) is 5.69 Å². The van der Waals surface area contributed by atoms with Crippen LogP contribution >= 0.6 is 0 Å². The largest absolute Gasteiger partial charge is 0.454 e. The van der Waals surface area contributed by atoms with Crippen molar-refractivity contribution in [2.75, 3.05) is 12.1 Å². The normalized spacial score (nSPS) is 12.0. The zero-order valence-electron chi connectivity index (χ0n) is 13.6. The van der Waals surface area contributed by atoms with Crippen LogP contribution < -0.4 is 20.3 Å². The molecule has 0 aliphatic carbocycles. The fourth-order valence-electron chi connectivity index (χ4n) is 2.54. The van der Waals surface area contributed by atoms with E-state index in [9.17, 15) is 9.59 Å². The maximum absolute atomic E-state index is 12.2. The minimum atomic E-state index is -0.362. The third-order valence-corrected chi connectivity index (χ3v) is 3.79. The number of rotatable bonds is 4. The van der Waals surface area contributed by atoms with Crippen molar-refractivity contribution in [3.63, 3.8) is 0 Å². The van der Waals surface area contributed by atoms with Crippen LogP contribution in [0.5, 0.6) is 11.5 Å². The van der Waals surface area contributed by atoms with E-state index in [1.165, 1.54) is 6.07 Å². The lowest BCUT2D eigenvalue weighted by Crippen LogP contribution is -2.29. The van der Waals surface area contributed by atoms with Crippen LogP contribution in [0.3, 0.4) is 0 Å². The van der Waals surface area contributed by atoms with Crippen molar-refractivity contribution in [1.29, 1.82) is 0 Å². The van der Waals surface area contributed by atoms with Crippen LogP contribution in [0.2, 0.25) is 0 Å². The quantitative estimate of drug-likeness (QED) is 0.769. The van der Waals surface area contributed by atoms with E-state index >= 15 is 0 Å². The zero-order valence-corrected chi connectivity index (χ0v) is 13.6. The maximum Gasteiger partial charge on any atom is 0.267 e. The standard InChI is InChI=1S/C18H14N4O4/c23-17(20-13-5-7-19-8-6-13)10-22-18(24)4-2-14(21-22)12-1-3-15-16(9-12)26-11-25-15/h1-9H,10-11H2,(H,19,20,23). The van der Waals surface area contributed by atoms with Gasteiger partial charge in [0.1, 0.15) is 6.54 Å². The van der Waals surface area contributed by atoms with Gasteiger partial charge in [0, 0.05) is 29.7 Å². The summed E-state index contributed by atoms with van der Waals surface area (Å²) in [6.45, 7) is -0.0135. The monoisotopic (exact) mass is 350 g/mol. The summed E-state index contributed by atoms with van der Waals surface area (Å²) in [5, 5.41) is 6.98. The second-order valence-corrected chi connectivity index (χ2v) is 5.57. The van der Waals surface area contributed by atoms with Gasteiger partial charge in [0.25, 0.3) is 5.56 Å². The first-order chi connectivity index (χ1) is 12.7.